The highest BCUT2D eigenvalue weighted by molar-refractivity contribution is 5.81. The van der Waals surface area contributed by atoms with E-state index in [9.17, 15) is 28.1 Å². The van der Waals surface area contributed by atoms with Crippen LogP contribution in [0.5, 0.6) is 0 Å². The van der Waals surface area contributed by atoms with Crippen molar-refractivity contribution in [3.8, 4) is 0 Å². The summed E-state index contributed by atoms with van der Waals surface area (Å²) in [5.74, 6) is -1.92. The maximum absolute atomic E-state index is 12.2. The standard InChI is InChI=1S/C13H14F3N3O3/c14-13(15,16)12(20)17-9-5-7-18(8-6-9)10-1-3-11(4-2-10)19(21)22/h1-4,9H,5-8H2,(H,17,20). The Bertz CT molecular complexity index is 552. The molecule has 120 valence electrons. The topological polar surface area (TPSA) is 75.5 Å². The Morgan fingerprint density at radius 3 is 2.23 bits per heavy atom. The average Bonchev–Trinajstić information content (AvgIpc) is 2.47. The van der Waals surface area contributed by atoms with Crippen LogP contribution < -0.4 is 10.2 Å². The molecule has 9 heteroatoms. The van der Waals surface area contributed by atoms with Crippen molar-refractivity contribution in [1.29, 1.82) is 0 Å². The van der Waals surface area contributed by atoms with Crippen LogP contribution in [0.25, 0.3) is 0 Å². The van der Waals surface area contributed by atoms with Gasteiger partial charge in [-0.25, -0.2) is 0 Å². The third-order valence-electron chi connectivity index (χ3n) is 3.51. The number of piperidine rings is 1. The van der Waals surface area contributed by atoms with Crippen LogP contribution in [0.3, 0.4) is 0 Å². The number of non-ortho nitro benzene ring substituents is 1. The van der Waals surface area contributed by atoms with E-state index in [-0.39, 0.29) is 5.69 Å². The smallest absolute Gasteiger partial charge is 0.371 e. The number of rotatable bonds is 3. The number of alkyl halides is 3. The van der Waals surface area contributed by atoms with Crippen LogP contribution in [-0.2, 0) is 4.79 Å². The van der Waals surface area contributed by atoms with E-state index >= 15 is 0 Å². The molecule has 1 aromatic rings. The van der Waals surface area contributed by atoms with Crippen molar-refractivity contribution in [2.45, 2.75) is 25.1 Å². The molecule has 0 aliphatic carbocycles. The number of halogens is 3. The maximum Gasteiger partial charge on any atom is 0.471 e. The minimum absolute atomic E-state index is 0.0175. The molecule has 0 spiro atoms. The number of nitro groups is 1. The monoisotopic (exact) mass is 317 g/mol. The molecule has 22 heavy (non-hydrogen) atoms. The predicted octanol–water partition coefficient (Wildman–Crippen LogP) is 2.24. The summed E-state index contributed by atoms with van der Waals surface area (Å²) in [6.07, 6.45) is -4.09. The van der Waals surface area contributed by atoms with Gasteiger partial charge in [-0.2, -0.15) is 13.2 Å². The largest absolute Gasteiger partial charge is 0.471 e. The zero-order valence-corrected chi connectivity index (χ0v) is 11.5. The Kier molecular flexibility index (Phi) is 4.53. The normalized spacial score (nSPS) is 16.4. The maximum atomic E-state index is 12.2. The van der Waals surface area contributed by atoms with Gasteiger partial charge in [0.25, 0.3) is 5.69 Å². The highest BCUT2D eigenvalue weighted by Crippen LogP contribution is 2.23. The fraction of sp³-hybridized carbons (Fsp3) is 0.462. The molecule has 2 rings (SSSR count). The predicted molar refractivity (Wildman–Crippen MR) is 72.5 cm³/mol. The summed E-state index contributed by atoms with van der Waals surface area (Å²) in [7, 11) is 0. The summed E-state index contributed by atoms with van der Waals surface area (Å²) in [5.41, 5.74) is 0.752. The van der Waals surface area contributed by atoms with Gasteiger partial charge in [-0.1, -0.05) is 0 Å². The van der Waals surface area contributed by atoms with E-state index in [2.05, 4.69) is 0 Å². The van der Waals surface area contributed by atoms with E-state index in [0.29, 0.717) is 25.9 Å². The number of carbonyl (C=O) groups is 1. The van der Waals surface area contributed by atoms with Crippen molar-refractivity contribution < 1.29 is 22.9 Å². The van der Waals surface area contributed by atoms with E-state index < -0.39 is 23.0 Å². The van der Waals surface area contributed by atoms with Gasteiger partial charge in [-0.05, 0) is 25.0 Å². The minimum atomic E-state index is -4.87. The molecule has 1 N–H and O–H groups in total. The Labute approximate surface area is 124 Å². The highest BCUT2D eigenvalue weighted by atomic mass is 19.4. The highest BCUT2D eigenvalue weighted by Gasteiger charge is 2.40. The SMILES string of the molecule is O=C(NC1CCN(c2ccc([N+](=O)[O-])cc2)CC1)C(F)(F)F. The number of hydrogen-bond donors (Lipinski definition) is 1. The van der Waals surface area contributed by atoms with Gasteiger partial charge in [-0.15, -0.1) is 0 Å². The molecule has 0 unspecified atom stereocenters. The molecule has 0 atom stereocenters. The van der Waals surface area contributed by atoms with Gasteiger partial charge in [0.1, 0.15) is 0 Å². The minimum Gasteiger partial charge on any atom is -0.371 e. The molecule has 1 fully saturated rings. The Hall–Kier alpha value is -2.32. The van der Waals surface area contributed by atoms with Gasteiger partial charge in [0.05, 0.1) is 4.92 Å². The molecule has 1 heterocycles. The zero-order chi connectivity index (χ0) is 16.3. The number of anilines is 1. The second-order valence-corrected chi connectivity index (χ2v) is 5.01. The van der Waals surface area contributed by atoms with E-state index in [0.717, 1.165) is 5.69 Å². The number of nitro benzene ring substituents is 1. The van der Waals surface area contributed by atoms with Gasteiger partial charge in [0.15, 0.2) is 0 Å². The van der Waals surface area contributed by atoms with Crippen molar-refractivity contribution >= 4 is 17.3 Å². The van der Waals surface area contributed by atoms with Crippen LogP contribution in [0.1, 0.15) is 12.8 Å². The summed E-state index contributed by atoms with van der Waals surface area (Å²) in [6.45, 7) is 0.946. The Morgan fingerprint density at radius 2 is 1.77 bits per heavy atom. The summed E-state index contributed by atoms with van der Waals surface area (Å²) in [4.78, 5) is 22.9. The van der Waals surface area contributed by atoms with Gasteiger partial charge >= 0.3 is 12.1 Å². The first kappa shape index (κ1) is 16.1. The molecular formula is C13H14F3N3O3. The molecule has 1 aliphatic heterocycles. The molecule has 0 aromatic heterocycles. The fourth-order valence-corrected chi connectivity index (χ4v) is 2.33. The van der Waals surface area contributed by atoms with Crippen LogP contribution in [0, 0.1) is 10.1 Å². The van der Waals surface area contributed by atoms with Crippen LogP contribution in [0.15, 0.2) is 24.3 Å². The van der Waals surface area contributed by atoms with Crippen molar-refractivity contribution in [2.75, 3.05) is 18.0 Å². The van der Waals surface area contributed by atoms with Crippen molar-refractivity contribution in [1.82, 2.24) is 5.32 Å². The van der Waals surface area contributed by atoms with E-state index in [4.69, 9.17) is 0 Å². The first-order valence-electron chi connectivity index (χ1n) is 6.64. The number of nitrogens with one attached hydrogen (secondary N) is 1. The van der Waals surface area contributed by atoms with Crippen molar-refractivity contribution in [3.63, 3.8) is 0 Å². The molecule has 1 amide bonds. The second kappa shape index (κ2) is 6.20. The third-order valence-corrected chi connectivity index (χ3v) is 3.51. The zero-order valence-electron chi connectivity index (χ0n) is 11.5. The van der Waals surface area contributed by atoms with Gasteiger partial charge in [-0.3, -0.25) is 14.9 Å². The lowest BCUT2D eigenvalue weighted by molar-refractivity contribution is -0.384. The number of carbonyl (C=O) groups excluding carboxylic acids is 1. The lowest BCUT2D eigenvalue weighted by Gasteiger charge is -2.34. The molecular weight excluding hydrogens is 303 g/mol. The van der Waals surface area contributed by atoms with Crippen molar-refractivity contribution in [3.05, 3.63) is 34.4 Å². The number of benzene rings is 1. The summed E-state index contributed by atoms with van der Waals surface area (Å²) in [6, 6.07) is 5.46. The van der Waals surface area contributed by atoms with E-state index in [1.165, 1.54) is 12.1 Å². The molecule has 1 saturated heterocycles. The Morgan fingerprint density at radius 1 is 1.23 bits per heavy atom. The second-order valence-electron chi connectivity index (χ2n) is 5.01. The first-order chi connectivity index (χ1) is 10.3. The molecule has 1 aliphatic rings. The van der Waals surface area contributed by atoms with E-state index in [1.807, 2.05) is 10.2 Å². The summed E-state index contributed by atoms with van der Waals surface area (Å²) < 4.78 is 36.5. The van der Waals surface area contributed by atoms with E-state index in [1.54, 1.807) is 12.1 Å². The van der Waals surface area contributed by atoms with Crippen molar-refractivity contribution in [2.24, 2.45) is 0 Å². The lowest BCUT2D eigenvalue weighted by atomic mass is 10.0. The van der Waals surface area contributed by atoms with Gasteiger partial charge in [0, 0.05) is 37.0 Å². The van der Waals surface area contributed by atoms with Crippen LogP contribution in [0.2, 0.25) is 0 Å². The number of nitrogens with zero attached hydrogens (tertiary/aromatic N) is 2. The quantitative estimate of drug-likeness (QED) is 0.685. The molecule has 0 radical (unpaired) electrons. The Balaban J connectivity index is 1.89. The van der Waals surface area contributed by atoms with Crippen LogP contribution >= 0.6 is 0 Å². The number of hydrogen-bond acceptors (Lipinski definition) is 4. The fourth-order valence-electron chi connectivity index (χ4n) is 2.33. The molecule has 0 saturated carbocycles. The lowest BCUT2D eigenvalue weighted by Crippen LogP contribution is -2.48. The number of amides is 1. The summed E-state index contributed by atoms with van der Waals surface area (Å²) >= 11 is 0. The molecule has 0 bridgehead atoms. The van der Waals surface area contributed by atoms with Gasteiger partial charge < -0.3 is 10.2 Å². The summed E-state index contributed by atoms with van der Waals surface area (Å²) in [5, 5.41) is 12.6. The molecule has 6 nitrogen and oxygen atoms in total. The van der Waals surface area contributed by atoms with Crippen LogP contribution in [-0.4, -0.2) is 36.1 Å². The molecule has 1 aromatic carbocycles. The third kappa shape index (κ3) is 3.86. The average molecular weight is 317 g/mol. The van der Waals surface area contributed by atoms with Gasteiger partial charge in [0.2, 0.25) is 0 Å². The van der Waals surface area contributed by atoms with Crippen LogP contribution in [0.4, 0.5) is 24.5 Å². The first-order valence-corrected chi connectivity index (χ1v) is 6.64.